The average Bonchev–Trinajstić information content (AvgIpc) is 2.32. The molecule has 0 spiro atoms. The molecule has 1 saturated carbocycles. The number of likely N-dealkylation sites (N-methyl/N-ethyl adjacent to an activating group) is 1. The van der Waals surface area contributed by atoms with Crippen LogP contribution in [0.5, 0.6) is 0 Å². The number of rotatable bonds is 4. The second-order valence-electron chi connectivity index (χ2n) is 5.84. The molecular formula is C16H32N2O. The van der Waals surface area contributed by atoms with Gasteiger partial charge in [-0.15, -0.1) is 0 Å². The van der Waals surface area contributed by atoms with Crippen molar-refractivity contribution in [3.8, 4) is 0 Å². The number of nitrogens with one attached hydrogen (secondary N) is 1. The standard InChI is InChI=1S/C13H24N2O.C3H8/c1-11-6-8-12(9-7-11)14-13(16)5-4-10-15(2)3;1-3-2/h4-5,11-12H,6-10H2,1-3H3,(H,14,16);3H2,1-2H3/b5-4+;. The molecule has 0 bridgehead atoms. The van der Waals surface area contributed by atoms with E-state index in [4.69, 9.17) is 0 Å². The minimum absolute atomic E-state index is 0.0569. The van der Waals surface area contributed by atoms with Gasteiger partial charge in [-0.05, 0) is 45.7 Å². The van der Waals surface area contributed by atoms with E-state index >= 15 is 0 Å². The molecule has 3 nitrogen and oxygen atoms in total. The first-order chi connectivity index (χ1) is 8.99. The van der Waals surface area contributed by atoms with Gasteiger partial charge in [-0.3, -0.25) is 4.79 Å². The van der Waals surface area contributed by atoms with Crippen molar-refractivity contribution < 1.29 is 4.79 Å². The van der Waals surface area contributed by atoms with Gasteiger partial charge in [0.15, 0.2) is 0 Å². The second kappa shape index (κ2) is 11.0. The van der Waals surface area contributed by atoms with Gasteiger partial charge in [0.05, 0.1) is 0 Å². The molecule has 1 aliphatic carbocycles. The third-order valence-electron chi connectivity index (χ3n) is 3.10. The zero-order chi connectivity index (χ0) is 14.7. The number of carbonyl (C=O) groups excluding carboxylic acids is 1. The van der Waals surface area contributed by atoms with E-state index in [0.717, 1.165) is 25.3 Å². The van der Waals surface area contributed by atoms with Gasteiger partial charge >= 0.3 is 0 Å². The number of carbonyl (C=O) groups is 1. The van der Waals surface area contributed by atoms with Crippen LogP contribution >= 0.6 is 0 Å². The first-order valence-corrected chi connectivity index (χ1v) is 7.61. The summed E-state index contributed by atoms with van der Waals surface area (Å²) in [5.41, 5.74) is 0. The van der Waals surface area contributed by atoms with Crippen molar-refractivity contribution in [3.63, 3.8) is 0 Å². The van der Waals surface area contributed by atoms with E-state index in [1.165, 1.54) is 19.3 Å². The SMILES string of the molecule is CC1CCC(NC(=O)/C=C/CN(C)C)CC1.CCC. The third kappa shape index (κ3) is 10.8. The largest absolute Gasteiger partial charge is 0.350 e. The highest BCUT2D eigenvalue weighted by molar-refractivity contribution is 5.87. The van der Waals surface area contributed by atoms with Crippen molar-refractivity contribution in [2.45, 2.75) is 58.9 Å². The maximum atomic E-state index is 11.6. The summed E-state index contributed by atoms with van der Waals surface area (Å²) in [5, 5.41) is 3.07. The highest BCUT2D eigenvalue weighted by atomic mass is 16.1. The fraction of sp³-hybridized carbons (Fsp3) is 0.812. The van der Waals surface area contributed by atoms with Crippen LogP contribution in [0.15, 0.2) is 12.2 Å². The Hall–Kier alpha value is -0.830. The molecule has 19 heavy (non-hydrogen) atoms. The molecule has 0 saturated heterocycles. The molecule has 0 radical (unpaired) electrons. The molecule has 0 atom stereocenters. The fourth-order valence-electron chi connectivity index (χ4n) is 2.02. The minimum Gasteiger partial charge on any atom is -0.350 e. The van der Waals surface area contributed by atoms with Crippen molar-refractivity contribution in [2.24, 2.45) is 5.92 Å². The smallest absolute Gasteiger partial charge is 0.243 e. The van der Waals surface area contributed by atoms with Crippen molar-refractivity contribution >= 4 is 5.91 Å². The van der Waals surface area contributed by atoms with Crippen LogP contribution in [0.3, 0.4) is 0 Å². The molecule has 1 aliphatic rings. The van der Waals surface area contributed by atoms with E-state index in [-0.39, 0.29) is 5.91 Å². The molecule has 0 aromatic rings. The lowest BCUT2D eigenvalue weighted by atomic mass is 9.87. The Morgan fingerprint density at radius 2 is 1.74 bits per heavy atom. The Labute approximate surface area is 119 Å². The zero-order valence-electron chi connectivity index (χ0n) is 13.4. The predicted molar refractivity (Wildman–Crippen MR) is 83.2 cm³/mol. The molecule has 0 aromatic carbocycles. The van der Waals surface area contributed by atoms with Crippen LogP contribution in [0, 0.1) is 5.92 Å². The average molecular weight is 268 g/mol. The number of hydrogen-bond acceptors (Lipinski definition) is 2. The Morgan fingerprint density at radius 1 is 1.21 bits per heavy atom. The predicted octanol–water partition coefficient (Wildman–Crippen LogP) is 3.22. The minimum atomic E-state index is 0.0569. The van der Waals surface area contributed by atoms with E-state index in [9.17, 15) is 4.79 Å². The normalized spacial score (nSPS) is 23.1. The monoisotopic (exact) mass is 268 g/mol. The molecule has 3 heteroatoms. The summed E-state index contributed by atoms with van der Waals surface area (Å²) < 4.78 is 0. The van der Waals surface area contributed by atoms with Crippen LogP contribution in [0.25, 0.3) is 0 Å². The van der Waals surface area contributed by atoms with Gasteiger partial charge in [0.1, 0.15) is 0 Å². The van der Waals surface area contributed by atoms with Crippen LogP contribution in [-0.4, -0.2) is 37.5 Å². The van der Waals surface area contributed by atoms with Crippen molar-refractivity contribution in [1.29, 1.82) is 0 Å². The summed E-state index contributed by atoms with van der Waals surface area (Å²) in [7, 11) is 3.98. The van der Waals surface area contributed by atoms with E-state index < -0.39 is 0 Å². The molecule has 0 heterocycles. The zero-order valence-corrected chi connectivity index (χ0v) is 13.4. The molecule has 1 fully saturated rings. The van der Waals surface area contributed by atoms with Crippen molar-refractivity contribution in [3.05, 3.63) is 12.2 Å². The summed E-state index contributed by atoms with van der Waals surface area (Å²) in [4.78, 5) is 13.6. The molecule has 0 aliphatic heterocycles. The van der Waals surface area contributed by atoms with Gasteiger partial charge in [0.25, 0.3) is 0 Å². The first-order valence-electron chi connectivity index (χ1n) is 7.61. The number of hydrogen-bond donors (Lipinski definition) is 1. The molecule has 0 aromatic heterocycles. The summed E-state index contributed by atoms with van der Waals surface area (Å²) in [6, 6.07) is 0.396. The fourth-order valence-corrected chi connectivity index (χ4v) is 2.02. The third-order valence-corrected chi connectivity index (χ3v) is 3.10. The molecule has 1 N–H and O–H groups in total. The van der Waals surface area contributed by atoms with Crippen molar-refractivity contribution in [2.75, 3.05) is 20.6 Å². The van der Waals surface area contributed by atoms with Crippen LogP contribution < -0.4 is 5.32 Å². The second-order valence-corrected chi connectivity index (χ2v) is 5.84. The highest BCUT2D eigenvalue weighted by Gasteiger charge is 2.18. The molecule has 0 unspecified atom stereocenters. The Bertz CT molecular complexity index is 253. The number of amides is 1. The van der Waals surface area contributed by atoms with Gasteiger partial charge in [-0.25, -0.2) is 0 Å². The maximum Gasteiger partial charge on any atom is 0.243 e. The molecule has 112 valence electrons. The molecule has 1 amide bonds. The maximum absolute atomic E-state index is 11.6. The van der Waals surface area contributed by atoms with Crippen LogP contribution in [0.2, 0.25) is 0 Å². The lowest BCUT2D eigenvalue weighted by Gasteiger charge is -2.26. The molecular weight excluding hydrogens is 236 g/mol. The summed E-state index contributed by atoms with van der Waals surface area (Å²) in [5.74, 6) is 0.888. The molecule has 1 rings (SSSR count). The van der Waals surface area contributed by atoms with Gasteiger partial charge in [0.2, 0.25) is 5.91 Å². The summed E-state index contributed by atoms with van der Waals surface area (Å²) in [6.07, 6.45) is 9.56. The topological polar surface area (TPSA) is 32.3 Å². The van der Waals surface area contributed by atoms with Crippen LogP contribution in [-0.2, 0) is 4.79 Å². The van der Waals surface area contributed by atoms with E-state index in [1.54, 1.807) is 6.08 Å². The van der Waals surface area contributed by atoms with Gasteiger partial charge in [-0.2, -0.15) is 0 Å². The van der Waals surface area contributed by atoms with E-state index in [0.29, 0.717) is 6.04 Å². The van der Waals surface area contributed by atoms with Crippen LogP contribution in [0.4, 0.5) is 0 Å². The first kappa shape index (κ1) is 18.2. The van der Waals surface area contributed by atoms with E-state index in [1.807, 2.05) is 25.1 Å². The summed E-state index contributed by atoms with van der Waals surface area (Å²) >= 11 is 0. The van der Waals surface area contributed by atoms with Crippen LogP contribution in [0.1, 0.15) is 52.9 Å². The Balaban J connectivity index is 0.000000982. The number of nitrogens with zero attached hydrogens (tertiary/aromatic N) is 1. The Morgan fingerprint density at radius 3 is 2.21 bits per heavy atom. The van der Waals surface area contributed by atoms with Crippen molar-refractivity contribution in [1.82, 2.24) is 10.2 Å². The Kier molecular flexibility index (Phi) is 10.6. The van der Waals surface area contributed by atoms with Gasteiger partial charge in [0, 0.05) is 18.7 Å². The summed E-state index contributed by atoms with van der Waals surface area (Å²) in [6.45, 7) is 7.35. The van der Waals surface area contributed by atoms with Gasteiger partial charge in [-0.1, -0.05) is 33.3 Å². The highest BCUT2D eigenvalue weighted by Crippen LogP contribution is 2.23. The van der Waals surface area contributed by atoms with Gasteiger partial charge < -0.3 is 10.2 Å². The lowest BCUT2D eigenvalue weighted by molar-refractivity contribution is -0.117. The lowest BCUT2D eigenvalue weighted by Crippen LogP contribution is -2.36. The quantitative estimate of drug-likeness (QED) is 0.794. The van der Waals surface area contributed by atoms with E-state index in [2.05, 4.69) is 26.1 Å².